The fraction of sp³-hybridized carbons (Fsp3) is 0.138. The van der Waals surface area contributed by atoms with E-state index in [1.54, 1.807) is 0 Å². The summed E-state index contributed by atoms with van der Waals surface area (Å²) in [5, 5.41) is 12.9. The van der Waals surface area contributed by atoms with Gasteiger partial charge in [0.25, 0.3) is 0 Å². The number of rotatable bonds is 8. The topological polar surface area (TPSA) is 56.1 Å². The molecule has 0 N–H and O–H groups in total. The molecule has 174 valence electrons. The Morgan fingerprint density at radius 2 is 1.49 bits per heavy atom. The zero-order valence-electron chi connectivity index (χ0n) is 19.8. The molecule has 1 aromatic heterocycles. The van der Waals surface area contributed by atoms with Crippen molar-refractivity contribution in [3.8, 4) is 17.2 Å². The minimum Gasteiger partial charge on any atom is -0.457 e. The van der Waals surface area contributed by atoms with Crippen LogP contribution in [0.3, 0.4) is 0 Å². The lowest BCUT2D eigenvalue weighted by Gasteiger charge is -2.28. The maximum absolute atomic E-state index is 6.05. The molecular weight excluding hydrogens is 434 g/mol. The molecule has 0 radical (unpaired) electrons. The molecule has 0 aliphatic carbocycles. The van der Waals surface area contributed by atoms with E-state index >= 15 is 0 Å². The summed E-state index contributed by atoms with van der Waals surface area (Å²) in [6, 6.07) is 36.4. The molecule has 0 saturated carbocycles. The normalized spacial score (nSPS) is 12.0. The fourth-order valence-electron chi connectivity index (χ4n) is 4.28. The summed E-state index contributed by atoms with van der Waals surface area (Å²) in [6.07, 6.45) is 0. The Hall–Kier alpha value is -4.29. The standard InChI is InChI=1S/C29H27N5O/c1-22-12-9-10-19-27(22)34-29(30-31-32-34)28(24-14-5-3-6-15-24)33(2)21-23-13-11-18-26(20-23)35-25-16-7-4-8-17-25/h3-20,28H,21H2,1-2H3/t28-/m1/s1. The highest BCUT2D eigenvalue weighted by molar-refractivity contribution is 5.41. The number of benzene rings is 4. The predicted molar refractivity (Wildman–Crippen MR) is 137 cm³/mol. The third-order valence-electron chi connectivity index (χ3n) is 5.95. The summed E-state index contributed by atoms with van der Waals surface area (Å²) in [4.78, 5) is 2.26. The monoisotopic (exact) mass is 461 g/mol. The van der Waals surface area contributed by atoms with Gasteiger partial charge in [0.2, 0.25) is 0 Å². The Morgan fingerprint density at radius 1 is 0.800 bits per heavy atom. The summed E-state index contributed by atoms with van der Waals surface area (Å²) >= 11 is 0. The van der Waals surface area contributed by atoms with Crippen molar-refractivity contribution in [2.45, 2.75) is 19.5 Å². The van der Waals surface area contributed by atoms with E-state index in [1.807, 2.05) is 83.5 Å². The van der Waals surface area contributed by atoms with Gasteiger partial charge in [-0.2, -0.15) is 4.68 Å². The van der Waals surface area contributed by atoms with Gasteiger partial charge in [-0.1, -0.05) is 78.9 Å². The number of aromatic nitrogens is 4. The predicted octanol–water partition coefficient (Wildman–Crippen LogP) is 5.98. The molecule has 6 nitrogen and oxygen atoms in total. The lowest BCUT2D eigenvalue weighted by Crippen LogP contribution is -2.28. The van der Waals surface area contributed by atoms with Crippen LogP contribution >= 0.6 is 0 Å². The van der Waals surface area contributed by atoms with Crippen LogP contribution < -0.4 is 4.74 Å². The molecule has 0 aliphatic rings. The summed E-state index contributed by atoms with van der Waals surface area (Å²) in [7, 11) is 2.10. The first-order valence-corrected chi connectivity index (χ1v) is 11.6. The zero-order chi connectivity index (χ0) is 24.0. The van der Waals surface area contributed by atoms with E-state index in [0.717, 1.165) is 39.7 Å². The summed E-state index contributed by atoms with van der Waals surface area (Å²) in [5.41, 5.74) is 4.34. The molecule has 1 heterocycles. The Labute approximate surface area is 205 Å². The van der Waals surface area contributed by atoms with Crippen molar-refractivity contribution in [1.82, 2.24) is 25.1 Å². The molecule has 1 atom stereocenters. The highest BCUT2D eigenvalue weighted by Gasteiger charge is 2.26. The van der Waals surface area contributed by atoms with E-state index in [-0.39, 0.29) is 6.04 Å². The number of tetrazole rings is 1. The quantitative estimate of drug-likeness (QED) is 0.284. The van der Waals surface area contributed by atoms with Gasteiger partial charge >= 0.3 is 0 Å². The maximum atomic E-state index is 6.05. The van der Waals surface area contributed by atoms with Crippen molar-refractivity contribution < 1.29 is 4.74 Å². The molecule has 35 heavy (non-hydrogen) atoms. The fourth-order valence-corrected chi connectivity index (χ4v) is 4.28. The van der Waals surface area contributed by atoms with Gasteiger partial charge in [0, 0.05) is 6.54 Å². The minimum absolute atomic E-state index is 0.149. The zero-order valence-corrected chi connectivity index (χ0v) is 19.8. The second-order valence-electron chi connectivity index (χ2n) is 8.53. The van der Waals surface area contributed by atoms with E-state index in [1.165, 1.54) is 0 Å². The number of nitrogens with zero attached hydrogens (tertiary/aromatic N) is 5. The van der Waals surface area contributed by atoms with Crippen molar-refractivity contribution in [1.29, 1.82) is 0 Å². The largest absolute Gasteiger partial charge is 0.457 e. The van der Waals surface area contributed by atoms with Gasteiger partial charge in [-0.25, -0.2) is 0 Å². The first-order chi connectivity index (χ1) is 17.2. The Kier molecular flexibility index (Phi) is 6.63. The van der Waals surface area contributed by atoms with Crippen molar-refractivity contribution in [2.75, 3.05) is 7.05 Å². The summed E-state index contributed by atoms with van der Waals surface area (Å²) < 4.78 is 7.90. The van der Waals surface area contributed by atoms with Gasteiger partial charge in [-0.15, -0.1) is 5.10 Å². The molecule has 0 unspecified atom stereocenters. The minimum atomic E-state index is -0.149. The SMILES string of the molecule is Cc1ccccc1-n1nnnc1[C@@H](c1ccccc1)N(C)Cc1cccc(Oc2ccccc2)c1. The Morgan fingerprint density at radius 3 is 2.26 bits per heavy atom. The summed E-state index contributed by atoms with van der Waals surface area (Å²) in [5.74, 6) is 2.39. The first kappa shape index (κ1) is 22.5. The van der Waals surface area contributed by atoms with Gasteiger partial charge in [-0.05, 0) is 71.4 Å². The molecule has 5 rings (SSSR count). The van der Waals surface area contributed by atoms with E-state index in [2.05, 4.69) is 64.7 Å². The van der Waals surface area contributed by atoms with Crippen molar-refractivity contribution >= 4 is 0 Å². The number of para-hydroxylation sites is 2. The van der Waals surface area contributed by atoms with Crippen molar-refractivity contribution in [2.24, 2.45) is 0 Å². The third kappa shape index (κ3) is 5.13. The number of hydrogen-bond acceptors (Lipinski definition) is 5. The highest BCUT2D eigenvalue weighted by atomic mass is 16.5. The van der Waals surface area contributed by atoms with Crippen LogP contribution in [-0.4, -0.2) is 32.2 Å². The van der Waals surface area contributed by atoms with Gasteiger partial charge in [-0.3, -0.25) is 4.90 Å². The average Bonchev–Trinajstić information content (AvgIpc) is 3.35. The molecule has 4 aromatic carbocycles. The van der Waals surface area contributed by atoms with Crippen molar-refractivity contribution in [3.05, 3.63) is 132 Å². The smallest absolute Gasteiger partial charge is 0.178 e. The van der Waals surface area contributed by atoms with Crippen LogP contribution in [0.25, 0.3) is 5.69 Å². The highest BCUT2D eigenvalue weighted by Crippen LogP contribution is 2.30. The number of hydrogen-bond donors (Lipinski definition) is 0. The first-order valence-electron chi connectivity index (χ1n) is 11.6. The van der Waals surface area contributed by atoms with Crippen LogP contribution in [0.15, 0.2) is 109 Å². The molecule has 0 aliphatic heterocycles. The van der Waals surface area contributed by atoms with Gasteiger partial charge in [0.15, 0.2) is 5.82 Å². The van der Waals surface area contributed by atoms with Gasteiger partial charge in [0.1, 0.15) is 11.5 Å². The van der Waals surface area contributed by atoms with Gasteiger partial charge < -0.3 is 4.74 Å². The lowest BCUT2D eigenvalue weighted by atomic mass is 10.0. The summed E-state index contributed by atoms with van der Waals surface area (Å²) in [6.45, 7) is 2.76. The molecule has 0 bridgehead atoms. The molecular formula is C29H27N5O. The van der Waals surface area contributed by atoms with Crippen LogP contribution in [0, 0.1) is 6.92 Å². The van der Waals surface area contributed by atoms with E-state index < -0.39 is 0 Å². The van der Waals surface area contributed by atoms with Crippen LogP contribution in [0.5, 0.6) is 11.5 Å². The maximum Gasteiger partial charge on any atom is 0.178 e. The van der Waals surface area contributed by atoms with Gasteiger partial charge in [0.05, 0.1) is 11.7 Å². The van der Waals surface area contributed by atoms with Crippen LogP contribution in [0.2, 0.25) is 0 Å². The molecule has 6 heteroatoms. The Balaban J connectivity index is 1.47. The number of ether oxygens (including phenoxy) is 1. The lowest BCUT2D eigenvalue weighted by molar-refractivity contribution is 0.258. The second kappa shape index (κ2) is 10.3. The molecule has 5 aromatic rings. The van der Waals surface area contributed by atoms with E-state index in [4.69, 9.17) is 4.74 Å². The molecule has 0 spiro atoms. The van der Waals surface area contributed by atoms with Crippen molar-refractivity contribution in [3.63, 3.8) is 0 Å². The molecule has 0 saturated heterocycles. The molecule has 0 fully saturated rings. The van der Waals surface area contributed by atoms with E-state index in [9.17, 15) is 0 Å². The number of aryl methyl sites for hydroxylation is 1. The molecule has 0 amide bonds. The van der Waals surface area contributed by atoms with E-state index in [0.29, 0.717) is 6.54 Å². The van der Waals surface area contributed by atoms with Crippen LogP contribution in [0.1, 0.15) is 28.6 Å². The van der Waals surface area contributed by atoms with Crippen LogP contribution in [0.4, 0.5) is 0 Å². The Bertz CT molecular complexity index is 1380. The second-order valence-corrected chi connectivity index (χ2v) is 8.53. The third-order valence-corrected chi connectivity index (χ3v) is 5.95. The van der Waals surface area contributed by atoms with Crippen LogP contribution in [-0.2, 0) is 6.54 Å². The average molecular weight is 462 g/mol.